The maximum absolute atomic E-state index is 12.1. The fraction of sp³-hybridized carbons (Fsp3) is 0.429. The fourth-order valence-electron chi connectivity index (χ4n) is 2.39. The van der Waals surface area contributed by atoms with Gasteiger partial charge in [-0.2, -0.15) is 0 Å². The van der Waals surface area contributed by atoms with Gasteiger partial charge in [-0.15, -0.1) is 0 Å². The van der Waals surface area contributed by atoms with Crippen LogP contribution >= 0.6 is 0 Å². The molecule has 112 valence electrons. The molecule has 2 rings (SSSR count). The predicted molar refractivity (Wildman–Crippen MR) is 74.2 cm³/mol. The minimum absolute atomic E-state index is 0.103. The summed E-state index contributed by atoms with van der Waals surface area (Å²) in [6.07, 6.45) is 1.98. The largest absolute Gasteiger partial charge is 0.480 e. The van der Waals surface area contributed by atoms with Gasteiger partial charge in [0.15, 0.2) is 0 Å². The lowest BCUT2D eigenvalue weighted by atomic mass is 9.76. The molecule has 0 aliphatic heterocycles. The summed E-state index contributed by atoms with van der Waals surface area (Å²) in [5.74, 6) is -1.66. The molecule has 1 aromatic carbocycles. The van der Waals surface area contributed by atoms with E-state index in [2.05, 4.69) is 5.32 Å². The van der Waals surface area contributed by atoms with Gasteiger partial charge in [0, 0.05) is 17.2 Å². The van der Waals surface area contributed by atoms with Crippen LogP contribution in [-0.4, -0.2) is 27.4 Å². The number of hydrogen-bond acceptors (Lipinski definition) is 4. The number of carboxylic acids is 1. The molecule has 0 atom stereocenters. The molecule has 0 aromatic heterocycles. The molecule has 0 heterocycles. The number of nitrogens with one attached hydrogen (secondary N) is 1. The van der Waals surface area contributed by atoms with Crippen LogP contribution in [-0.2, 0) is 11.2 Å². The quantitative estimate of drug-likeness (QED) is 0.636. The number of aryl methyl sites for hydroxylation is 1. The van der Waals surface area contributed by atoms with E-state index < -0.39 is 22.3 Å². The van der Waals surface area contributed by atoms with Gasteiger partial charge < -0.3 is 10.4 Å². The highest BCUT2D eigenvalue weighted by Gasteiger charge is 2.45. The first-order chi connectivity index (χ1) is 9.89. The van der Waals surface area contributed by atoms with Crippen molar-refractivity contribution < 1.29 is 19.6 Å². The number of carbonyl (C=O) groups excluding carboxylic acids is 1. The topological polar surface area (TPSA) is 110 Å². The molecule has 1 amide bonds. The number of aliphatic carboxylic acids is 1. The maximum atomic E-state index is 12.1. The van der Waals surface area contributed by atoms with E-state index in [1.807, 2.05) is 0 Å². The normalized spacial score (nSPS) is 15.9. The number of carbonyl (C=O) groups is 2. The molecule has 1 aromatic rings. The van der Waals surface area contributed by atoms with E-state index in [1.54, 1.807) is 6.92 Å². The number of benzene rings is 1. The summed E-state index contributed by atoms with van der Waals surface area (Å²) in [7, 11) is 0. The van der Waals surface area contributed by atoms with Gasteiger partial charge >= 0.3 is 5.97 Å². The van der Waals surface area contributed by atoms with E-state index in [0.29, 0.717) is 24.8 Å². The molecule has 1 aliphatic carbocycles. The minimum atomic E-state index is -1.23. The molecule has 1 aliphatic rings. The van der Waals surface area contributed by atoms with Crippen LogP contribution in [0.5, 0.6) is 0 Å². The number of hydrogen-bond donors (Lipinski definition) is 2. The van der Waals surface area contributed by atoms with Gasteiger partial charge in [-0.25, -0.2) is 4.79 Å². The molecule has 21 heavy (non-hydrogen) atoms. The molecule has 0 unspecified atom stereocenters. The van der Waals surface area contributed by atoms with Crippen molar-refractivity contribution >= 4 is 17.6 Å². The van der Waals surface area contributed by atoms with Gasteiger partial charge in [-0.05, 0) is 31.7 Å². The van der Waals surface area contributed by atoms with Crippen molar-refractivity contribution in [3.63, 3.8) is 0 Å². The van der Waals surface area contributed by atoms with Crippen molar-refractivity contribution in [2.75, 3.05) is 0 Å². The highest BCUT2D eigenvalue weighted by molar-refractivity contribution is 5.98. The van der Waals surface area contributed by atoms with Crippen molar-refractivity contribution in [2.24, 2.45) is 0 Å². The first kappa shape index (κ1) is 15.0. The summed E-state index contributed by atoms with van der Waals surface area (Å²) in [5.41, 5.74) is -0.711. The zero-order valence-corrected chi connectivity index (χ0v) is 11.6. The van der Waals surface area contributed by atoms with Crippen molar-refractivity contribution in [3.05, 3.63) is 39.4 Å². The Kier molecular flexibility index (Phi) is 3.93. The van der Waals surface area contributed by atoms with E-state index in [0.717, 1.165) is 6.42 Å². The van der Waals surface area contributed by atoms with Gasteiger partial charge in [0.1, 0.15) is 5.54 Å². The number of rotatable bonds is 5. The van der Waals surface area contributed by atoms with Crippen LogP contribution < -0.4 is 5.32 Å². The lowest BCUT2D eigenvalue weighted by Gasteiger charge is -2.38. The molecule has 1 fully saturated rings. The summed E-state index contributed by atoms with van der Waals surface area (Å²) >= 11 is 0. The summed E-state index contributed by atoms with van der Waals surface area (Å²) < 4.78 is 0. The van der Waals surface area contributed by atoms with E-state index in [-0.39, 0.29) is 11.3 Å². The summed E-state index contributed by atoms with van der Waals surface area (Å²) in [5, 5.41) is 22.7. The van der Waals surface area contributed by atoms with Crippen LogP contribution in [0.1, 0.15) is 42.1 Å². The van der Waals surface area contributed by atoms with Crippen LogP contribution in [0.2, 0.25) is 0 Å². The second-order valence-corrected chi connectivity index (χ2v) is 5.15. The number of nitro benzene ring substituents is 1. The van der Waals surface area contributed by atoms with Gasteiger partial charge in [-0.3, -0.25) is 14.9 Å². The number of nitro groups is 1. The van der Waals surface area contributed by atoms with Gasteiger partial charge in [0.05, 0.1) is 4.92 Å². The first-order valence-electron chi connectivity index (χ1n) is 6.73. The van der Waals surface area contributed by atoms with Crippen molar-refractivity contribution in [1.29, 1.82) is 0 Å². The minimum Gasteiger partial charge on any atom is -0.480 e. The monoisotopic (exact) mass is 292 g/mol. The molecule has 2 N–H and O–H groups in total. The van der Waals surface area contributed by atoms with E-state index in [9.17, 15) is 24.8 Å². The van der Waals surface area contributed by atoms with Gasteiger partial charge in [0.25, 0.3) is 11.6 Å². The second-order valence-electron chi connectivity index (χ2n) is 5.15. The third kappa shape index (κ3) is 2.72. The summed E-state index contributed by atoms with van der Waals surface area (Å²) in [4.78, 5) is 33.8. The Bertz CT molecular complexity index is 607. The standard InChI is InChI=1S/C14H16N2O5/c1-2-9-4-5-10(8-11(9)16(20)21)12(17)15-14(13(18)19)6-3-7-14/h4-5,8H,2-3,6-7H2,1H3,(H,15,17)(H,18,19). The zero-order valence-electron chi connectivity index (χ0n) is 11.6. The van der Waals surface area contributed by atoms with Gasteiger partial charge in [-0.1, -0.05) is 13.0 Å². The molecular weight excluding hydrogens is 276 g/mol. The molecule has 7 heteroatoms. The van der Waals surface area contributed by atoms with Crippen molar-refractivity contribution in [3.8, 4) is 0 Å². The number of amides is 1. The molecular formula is C14H16N2O5. The lowest BCUT2D eigenvalue weighted by molar-refractivity contribution is -0.385. The van der Waals surface area contributed by atoms with E-state index in [1.165, 1.54) is 18.2 Å². The lowest BCUT2D eigenvalue weighted by Crippen LogP contribution is -2.59. The summed E-state index contributed by atoms with van der Waals surface area (Å²) in [6, 6.07) is 4.21. The number of nitrogens with zero attached hydrogens (tertiary/aromatic N) is 1. The molecule has 0 spiro atoms. The van der Waals surface area contributed by atoms with Crippen LogP contribution in [0, 0.1) is 10.1 Å². The molecule has 0 saturated heterocycles. The fourth-order valence-corrected chi connectivity index (χ4v) is 2.39. The Labute approximate surface area is 121 Å². The SMILES string of the molecule is CCc1ccc(C(=O)NC2(C(=O)O)CCC2)cc1[N+](=O)[O-]. The van der Waals surface area contributed by atoms with Crippen LogP contribution in [0.4, 0.5) is 5.69 Å². The molecule has 1 saturated carbocycles. The zero-order chi connectivity index (χ0) is 15.6. The average molecular weight is 292 g/mol. The Balaban J connectivity index is 2.26. The van der Waals surface area contributed by atoms with Gasteiger partial charge in [0.2, 0.25) is 0 Å². The molecule has 0 bridgehead atoms. The van der Waals surface area contributed by atoms with Crippen molar-refractivity contribution in [1.82, 2.24) is 5.32 Å². The van der Waals surface area contributed by atoms with Crippen molar-refractivity contribution in [2.45, 2.75) is 38.1 Å². The Morgan fingerprint density at radius 1 is 1.43 bits per heavy atom. The van der Waals surface area contributed by atoms with Crippen LogP contribution in [0.25, 0.3) is 0 Å². The third-order valence-corrected chi connectivity index (χ3v) is 3.89. The third-order valence-electron chi connectivity index (χ3n) is 3.89. The highest BCUT2D eigenvalue weighted by Crippen LogP contribution is 2.32. The Morgan fingerprint density at radius 3 is 2.52 bits per heavy atom. The second kappa shape index (κ2) is 5.51. The molecule has 7 nitrogen and oxygen atoms in total. The van der Waals surface area contributed by atoms with E-state index in [4.69, 9.17) is 0 Å². The maximum Gasteiger partial charge on any atom is 0.329 e. The molecule has 0 radical (unpaired) electrons. The summed E-state index contributed by atoms with van der Waals surface area (Å²) in [6.45, 7) is 1.79. The highest BCUT2D eigenvalue weighted by atomic mass is 16.6. The van der Waals surface area contributed by atoms with Crippen LogP contribution in [0.3, 0.4) is 0 Å². The smallest absolute Gasteiger partial charge is 0.329 e. The predicted octanol–water partition coefficient (Wildman–Crippen LogP) is 1.89. The van der Waals surface area contributed by atoms with Crippen LogP contribution in [0.15, 0.2) is 18.2 Å². The first-order valence-corrected chi connectivity index (χ1v) is 6.73. The number of carboxylic acid groups (broad SMARTS) is 1. The Morgan fingerprint density at radius 2 is 2.10 bits per heavy atom. The van der Waals surface area contributed by atoms with E-state index >= 15 is 0 Å². The Hall–Kier alpha value is -2.44. The average Bonchev–Trinajstić information content (AvgIpc) is 2.41.